The number of ketones is 1. The summed E-state index contributed by atoms with van der Waals surface area (Å²) in [4.78, 5) is 24.9. The number of ether oxygens (including phenoxy) is 4. The lowest BCUT2D eigenvalue weighted by Gasteiger charge is -2.12. The van der Waals surface area contributed by atoms with Crippen LogP contribution in [-0.2, 0) is 4.74 Å². The molecule has 1 atom stereocenters. The summed E-state index contributed by atoms with van der Waals surface area (Å²) in [6.45, 7) is 0. The van der Waals surface area contributed by atoms with E-state index in [4.69, 9.17) is 18.9 Å². The summed E-state index contributed by atoms with van der Waals surface area (Å²) in [6, 6.07) is 7.68. The third kappa shape index (κ3) is 2.92. The molecule has 0 unspecified atom stereocenters. The Kier molecular flexibility index (Phi) is 4.71. The van der Waals surface area contributed by atoms with Crippen molar-refractivity contribution in [3.05, 3.63) is 47.0 Å². The fourth-order valence-corrected chi connectivity index (χ4v) is 2.96. The fraction of sp³-hybridized carbons (Fsp3) is 0.263. The molecule has 1 heterocycles. The lowest BCUT2D eigenvalue weighted by atomic mass is 9.97. The van der Waals surface area contributed by atoms with Gasteiger partial charge in [0.15, 0.2) is 28.8 Å². The number of methoxy groups -OCH3 is 3. The minimum absolute atomic E-state index is 0.0395. The van der Waals surface area contributed by atoms with Crippen LogP contribution in [-0.4, -0.2) is 38.2 Å². The average Bonchev–Trinajstić information content (AvgIpc) is 2.96. The van der Waals surface area contributed by atoms with Crippen LogP contribution in [0, 0.1) is 0 Å². The van der Waals surface area contributed by atoms with E-state index in [1.807, 2.05) is 0 Å². The maximum atomic E-state index is 12.6. The molecule has 2 aromatic rings. The van der Waals surface area contributed by atoms with E-state index in [2.05, 4.69) is 0 Å². The first-order valence-corrected chi connectivity index (χ1v) is 7.86. The van der Waals surface area contributed by atoms with Gasteiger partial charge >= 0.3 is 5.97 Å². The number of hydrogen-bond acceptors (Lipinski definition) is 7. The monoisotopic (exact) mass is 358 g/mol. The van der Waals surface area contributed by atoms with Crippen LogP contribution in [0.1, 0.15) is 38.8 Å². The number of carbonyl (C=O) groups is 2. The zero-order valence-electron chi connectivity index (χ0n) is 14.6. The summed E-state index contributed by atoms with van der Waals surface area (Å²) in [6.07, 6.45) is -0.757. The van der Waals surface area contributed by atoms with Gasteiger partial charge in [-0.1, -0.05) is 6.07 Å². The molecular weight excluding hydrogens is 340 g/mol. The second-order valence-electron chi connectivity index (χ2n) is 5.67. The molecule has 0 fully saturated rings. The molecule has 2 aromatic carbocycles. The summed E-state index contributed by atoms with van der Waals surface area (Å²) in [5.41, 5.74) is 1.20. The Bertz CT molecular complexity index is 872. The number of aromatic hydroxyl groups is 1. The Morgan fingerprint density at radius 3 is 2.46 bits per heavy atom. The number of phenols is 1. The molecule has 26 heavy (non-hydrogen) atoms. The van der Waals surface area contributed by atoms with Crippen LogP contribution in [0.3, 0.4) is 0 Å². The molecule has 0 saturated heterocycles. The molecule has 1 aliphatic heterocycles. The van der Waals surface area contributed by atoms with Gasteiger partial charge in [-0.3, -0.25) is 4.79 Å². The maximum absolute atomic E-state index is 12.6. The van der Waals surface area contributed by atoms with Gasteiger partial charge in [-0.05, 0) is 24.3 Å². The van der Waals surface area contributed by atoms with Crippen LogP contribution in [0.25, 0.3) is 0 Å². The molecule has 3 rings (SSSR count). The number of hydrogen-bond donors (Lipinski definition) is 1. The van der Waals surface area contributed by atoms with Crippen molar-refractivity contribution in [3.8, 4) is 23.0 Å². The molecule has 7 heteroatoms. The lowest BCUT2D eigenvalue weighted by molar-refractivity contribution is 0.0365. The normalized spacial score (nSPS) is 15.2. The summed E-state index contributed by atoms with van der Waals surface area (Å²) in [5, 5.41) is 9.64. The number of benzene rings is 2. The molecule has 7 nitrogen and oxygen atoms in total. The zero-order valence-corrected chi connectivity index (χ0v) is 14.6. The van der Waals surface area contributed by atoms with Gasteiger partial charge in [0.1, 0.15) is 11.7 Å². The first-order chi connectivity index (χ1) is 12.5. The van der Waals surface area contributed by atoms with Crippen LogP contribution in [0.2, 0.25) is 0 Å². The van der Waals surface area contributed by atoms with Gasteiger partial charge in [0.25, 0.3) is 0 Å². The number of fused-ring (bicyclic) bond motifs is 1. The topological polar surface area (TPSA) is 91.3 Å². The van der Waals surface area contributed by atoms with E-state index in [1.54, 1.807) is 12.1 Å². The fourth-order valence-electron chi connectivity index (χ4n) is 2.96. The molecular formula is C19H18O7. The van der Waals surface area contributed by atoms with Crippen LogP contribution in [0.4, 0.5) is 0 Å². The smallest absolute Gasteiger partial charge is 0.343 e. The first-order valence-electron chi connectivity index (χ1n) is 7.86. The van der Waals surface area contributed by atoms with Gasteiger partial charge in [-0.2, -0.15) is 0 Å². The van der Waals surface area contributed by atoms with Crippen LogP contribution < -0.4 is 14.2 Å². The van der Waals surface area contributed by atoms with Gasteiger partial charge in [-0.25, -0.2) is 4.79 Å². The maximum Gasteiger partial charge on any atom is 0.343 e. The highest BCUT2D eigenvalue weighted by atomic mass is 16.6. The standard InChI is InChI=1S/C19H18O7/c1-23-14-7-5-11-15(26-19(22)17(11)18(14)25-3)9-13(21)10-4-6-12(20)16(8-10)24-2/h4-8,15,20H,9H2,1-3H3/t15-/m0/s1. The van der Waals surface area contributed by atoms with Gasteiger partial charge < -0.3 is 24.1 Å². The van der Waals surface area contributed by atoms with E-state index in [9.17, 15) is 14.7 Å². The van der Waals surface area contributed by atoms with Crippen LogP contribution >= 0.6 is 0 Å². The Morgan fingerprint density at radius 1 is 1.08 bits per heavy atom. The second-order valence-corrected chi connectivity index (χ2v) is 5.67. The van der Waals surface area contributed by atoms with Crippen molar-refractivity contribution in [2.45, 2.75) is 12.5 Å². The number of cyclic esters (lactones) is 1. The molecule has 1 N–H and O–H groups in total. The zero-order chi connectivity index (χ0) is 18.8. The third-order valence-electron chi connectivity index (χ3n) is 4.25. The quantitative estimate of drug-likeness (QED) is 0.627. The molecule has 0 amide bonds. The minimum Gasteiger partial charge on any atom is -0.504 e. The van der Waals surface area contributed by atoms with Gasteiger partial charge in [0.05, 0.1) is 27.8 Å². The van der Waals surface area contributed by atoms with Gasteiger partial charge in [0.2, 0.25) is 0 Å². The molecule has 0 saturated carbocycles. The largest absolute Gasteiger partial charge is 0.504 e. The summed E-state index contributed by atoms with van der Waals surface area (Å²) < 4.78 is 20.9. The average molecular weight is 358 g/mol. The number of rotatable bonds is 6. The van der Waals surface area contributed by atoms with Gasteiger partial charge in [-0.15, -0.1) is 0 Å². The Balaban J connectivity index is 1.89. The predicted molar refractivity (Wildman–Crippen MR) is 91.3 cm³/mol. The van der Waals surface area contributed by atoms with Crippen molar-refractivity contribution in [1.82, 2.24) is 0 Å². The van der Waals surface area contributed by atoms with E-state index in [-0.39, 0.29) is 35.0 Å². The predicted octanol–water partition coefficient (Wildman–Crippen LogP) is 2.90. The molecule has 0 aliphatic carbocycles. The minimum atomic E-state index is -0.718. The summed E-state index contributed by atoms with van der Waals surface area (Å²) >= 11 is 0. The molecule has 0 aromatic heterocycles. The Labute approximate surface area is 150 Å². The molecule has 0 spiro atoms. The third-order valence-corrected chi connectivity index (χ3v) is 4.25. The highest BCUT2D eigenvalue weighted by Gasteiger charge is 2.37. The van der Waals surface area contributed by atoms with Crippen LogP contribution in [0.15, 0.2) is 30.3 Å². The lowest BCUT2D eigenvalue weighted by Crippen LogP contribution is -2.08. The second kappa shape index (κ2) is 6.95. The van der Waals surface area contributed by atoms with E-state index in [0.717, 1.165) is 0 Å². The van der Waals surface area contributed by atoms with Crippen molar-refractivity contribution in [1.29, 1.82) is 0 Å². The van der Waals surface area contributed by atoms with E-state index in [1.165, 1.54) is 39.5 Å². The molecule has 1 aliphatic rings. The SMILES string of the molecule is COc1cc(C(=O)C[C@@H]2OC(=O)c3c2ccc(OC)c3OC)ccc1O. The Hall–Kier alpha value is -3.22. The van der Waals surface area contributed by atoms with Crippen molar-refractivity contribution >= 4 is 11.8 Å². The van der Waals surface area contributed by atoms with E-state index < -0.39 is 12.1 Å². The first kappa shape index (κ1) is 17.6. The summed E-state index contributed by atoms with van der Waals surface area (Å²) in [5.74, 6) is 0.0415. The highest BCUT2D eigenvalue weighted by molar-refractivity contribution is 6.01. The highest BCUT2D eigenvalue weighted by Crippen LogP contribution is 2.43. The number of Topliss-reactive ketones (excluding diaryl/α,β-unsaturated/α-hetero) is 1. The molecule has 0 radical (unpaired) electrons. The molecule has 0 bridgehead atoms. The van der Waals surface area contributed by atoms with Crippen molar-refractivity contribution in [2.75, 3.05) is 21.3 Å². The number of phenolic OH excluding ortho intramolecular Hbond substituents is 1. The van der Waals surface area contributed by atoms with Crippen molar-refractivity contribution < 1.29 is 33.6 Å². The Morgan fingerprint density at radius 2 is 1.81 bits per heavy atom. The van der Waals surface area contributed by atoms with Crippen LogP contribution in [0.5, 0.6) is 23.0 Å². The van der Waals surface area contributed by atoms with Gasteiger partial charge in [0, 0.05) is 11.1 Å². The van der Waals surface area contributed by atoms with Crippen molar-refractivity contribution in [3.63, 3.8) is 0 Å². The van der Waals surface area contributed by atoms with Crippen molar-refractivity contribution in [2.24, 2.45) is 0 Å². The van der Waals surface area contributed by atoms with E-state index in [0.29, 0.717) is 16.9 Å². The van der Waals surface area contributed by atoms with E-state index >= 15 is 0 Å². The summed E-state index contributed by atoms with van der Waals surface area (Å²) in [7, 11) is 4.31. The molecule has 136 valence electrons. The number of carbonyl (C=O) groups excluding carboxylic acids is 2. The number of esters is 1.